The Morgan fingerprint density at radius 2 is 1.72 bits per heavy atom. The van der Waals surface area contributed by atoms with E-state index in [4.69, 9.17) is 0 Å². The molecule has 0 aliphatic carbocycles. The molecule has 1 aromatic carbocycles. The fourth-order valence-electron chi connectivity index (χ4n) is 1.78. The molecule has 0 fully saturated rings. The number of nitrogens with zero attached hydrogens (tertiary/aromatic N) is 1. The van der Waals surface area contributed by atoms with E-state index in [1.165, 1.54) is 11.1 Å². The summed E-state index contributed by atoms with van der Waals surface area (Å²) in [7, 11) is 0. The Hall–Kier alpha value is -1.19. The largest absolute Gasteiger partial charge is 0.307 e. The Morgan fingerprint density at radius 1 is 1.00 bits per heavy atom. The van der Waals surface area contributed by atoms with Gasteiger partial charge in [-0.2, -0.15) is 0 Å². The van der Waals surface area contributed by atoms with Crippen LogP contribution in [-0.2, 0) is 19.5 Å². The molecule has 2 aromatic rings. The topological polar surface area (TPSA) is 24.9 Å². The van der Waals surface area contributed by atoms with Crippen LogP contribution >= 0.6 is 15.9 Å². The highest BCUT2D eigenvalue weighted by Gasteiger charge is 1.97. The molecule has 0 amide bonds. The molecule has 1 heterocycles. The number of hydrogen-bond acceptors (Lipinski definition) is 2. The van der Waals surface area contributed by atoms with E-state index in [2.05, 4.69) is 57.4 Å². The van der Waals surface area contributed by atoms with Crippen molar-refractivity contribution in [3.63, 3.8) is 0 Å². The summed E-state index contributed by atoms with van der Waals surface area (Å²) in [5.74, 6) is 0. The molecule has 0 radical (unpaired) electrons. The maximum atomic E-state index is 4.39. The molecule has 1 N–H and O–H groups in total. The minimum absolute atomic E-state index is 0.787. The maximum Gasteiger partial charge on any atom is 0.106 e. The first-order valence-corrected chi connectivity index (χ1v) is 6.97. The lowest BCUT2D eigenvalue weighted by Crippen LogP contribution is -2.13. The monoisotopic (exact) mass is 304 g/mol. The molecule has 3 heteroatoms. The van der Waals surface area contributed by atoms with Crippen LogP contribution in [0.2, 0.25) is 0 Å². The van der Waals surface area contributed by atoms with Crippen LogP contribution in [0.3, 0.4) is 0 Å². The average molecular weight is 305 g/mol. The fourth-order valence-corrected chi connectivity index (χ4v) is 2.16. The lowest BCUT2D eigenvalue weighted by molar-refractivity contribution is 0.678. The molecule has 0 unspecified atom stereocenters. The van der Waals surface area contributed by atoms with Gasteiger partial charge in [0.05, 0.1) is 5.69 Å². The predicted molar refractivity (Wildman–Crippen MR) is 78.3 cm³/mol. The standard InChI is InChI=1S/C15H17BrN2/c1-2-12-6-8-13(9-7-12)10-17-11-14-4-3-5-15(16)18-14/h3-9,17H,2,10-11H2,1H3. The van der Waals surface area contributed by atoms with Crippen LogP contribution in [0.5, 0.6) is 0 Å². The van der Waals surface area contributed by atoms with Gasteiger partial charge in [-0.15, -0.1) is 0 Å². The van der Waals surface area contributed by atoms with Gasteiger partial charge < -0.3 is 5.32 Å². The smallest absolute Gasteiger partial charge is 0.106 e. The van der Waals surface area contributed by atoms with E-state index >= 15 is 0 Å². The molecule has 0 saturated heterocycles. The van der Waals surface area contributed by atoms with Gasteiger partial charge in [-0.3, -0.25) is 0 Å². The Kier molecular flexibility index (Phi) is 4.90. The number of nitrogens with one attached hydrogen (secondary N) is 1. The predicted octanol–water partition coefficient (Wildman–Crippen LogP) is 3.70. The average Bonchev–Trinajstić information content (AvgIpc) is 2.40. The molecule has 94 valence electrons. The SMILES string of the molecule is CCc1ccc(CNCc2cccc(Br)n2)cc1. The number of hydrogen-bond donors (Lipinski definition) is 1. The normalized spacial score (nSPS) is 10.6. The molecule has 0 atom stereocenters. The van der Waals surface area contributed by atoms with Crippen molar-refractivity contribution in [1.82, 2.24) is 10.3 Å². The van der Waals surface area contributed by atoms with Gasteiger partial charge in [0.25, 0.3) is 0 Å². The van der Waals surface area contributed by atoms with Gasteiger partial charge >= 0.3 is 0 Å². The van der Waals surface area contributed by atoms with Crippen LogP contribution < -0.4 is 5.32 Å². The highest BCUT2D eigenvalue weighted by Crippen LogP contribution is 2.07. The molecular formula is C15H17BrN2. The van der Waals surface area contributed by atoms with Crippen LogP contribution in [-0.4, -0.2) is 4.98 Å². The van der Waals surface area contributed by atoms with Crippen molar-refractivity contribution in [2.75, 3.05) is 0 Å². The van der Waals surface area contributed by atoms with Gasteiger partial charge in [-0.05, 0) is 45.6 Å². The molecule has 18 heavy (non-hydrogen) atoms. The highest BCUT2D eigenvalue weighted by atomic mass is 79.9. The van der Waals surface area contributed by atoms with Gasteiger partial charge in [-0.1, -0.05) is 37.3 Å². The number of pyridine rings is 1. The lowest BCUT2D eigenvalue weighted by atomic mass is 10.1. The number of aryl methyl sites for hydroxylation is 1. The second-order valence-corrected chi connectivity index (χ2v) is 5.04. The van der Waals surface area contributed by atoms with Crippen LogP contribution in [0.4, 0.5) is 0 Å². The zero-order chi connectivity index (χ0) is 12.8. The zero-order valence-corrected chi connectivity index (χ0v) is 12.1. The first-order valence-electron chi connectivity index (χ1n) is 6.18. The quantitative estimate of drug-likeness (QED) is 0.852. The number of halogens is 1. The Balaban J connectivity index is 1.84. The van der Waals surface area contributed by atoms with Gasteiger partial charge in [-0.25, -0.2) is 4.98 Å². The molecule has 0 aliphatic rings. The Morgan fingerprint density at radius 3 is 2.39 bits per heavy atom. The van der Waals surface area contributed by atoms with Crippen molar-refractivity contribution < 1.29 is 0 Å². The van der Waals surface area contributed by atoms with E-state index in [1.807, 2.05) is 18.2 Å². The maximum absolute atomic E-state index is 4.39. The summed E-state index contributed by atoms with van der Waals surface area (Å²) in [4.78, 5) is 4.39. The van der Waals surface area contributed by atoms with E-state index in [1.54, 1.807) is 0 Å². The molecule has 0 spiro atoms. The highest BCUT2D eigenvalue weighted by molar-refractivity contribution is 9.10. The summed E-state index contributed by atoms with van der Waals surface area (Å²) >= 11 is 3.38. The molecule has 2 rings (SSSR count). The molecular weight excluding hydrogens is 288 g/mol. The van der Waals surface area contributed by atoms with Crippen molar-refractivity contribution in [1.29, 1.82) is 0 Å². The summed E-state index contributed by atoms with van der Waals surface area (Å²) in [5, 5.41) is 3.40. The van der Waals surface area contributed by atoms with E-state index in [0.29, 0.717) is 0 Å². The minimum atomic E-state index is 0.787. The molecule has 0 saturated carbocycles. The molecule has 0 bridgehead atoms. The van der Waals surface area contributed by atoms with Crippen LogP contribution in [0.15, 0.2) is 47.1 Å². The van der Waals surface area contributed by atoms with E-state index in [-0.39, 0.29) is 0 Å². The van der Waals surface area contributed by atoms with E-state index < -0.39 is 0 Å². The Bertz CT molecular complexity index is 494. The van der Waals surface area contributed by atoms with Gasteiger partial charge in [0.2, 0.25) is 0 Å². The van der Waals surface area contributed by atoms with Crippen molar-refractivity contribution in [3.8, 4) is 0 Å². The van der Waals surface area contributed by atoms with E-state index in [9.17, 15) is 0 Å². The number of benzene rings is 1. The Labute approximate surface area is 117 Å². The number of aromatic nitrogens is 1. The van der Waals surface area contributed by atoms with Gasteiger partial charge in [0.15, 0.2) is 0 Å². The second kappa shape index (κ2) is 6.66. The van der Waals surface area contributed by atoms with Crippen molar-refractivity contribution in [2.45, 2.75) is 26.4 Å². The third-order valence-electron chi connectivity index (χ3n) is 2.84. The van der Waals surface area contributed by atoms with Crippen LogP contribution in [0.25, 0.3) is 0 Å². The fraction of sp³-hybridized carbons (Fsp3) is 0.267. The summed E-state index contributed by atoms with van der Waals surface area (Å²) in [5.41, 5.74) is 3.74. The van der Waals surface area contributed by atoms with Crippen molar-refractivity contribution in [3.05, 3.63) is 63.9 Å². The number of rotatable bonds is 5. The van der Waals surface area contributed by atoms with Crippen LogP contribution in [0, 0.1) is 0 Å². The van der Waals surface area contributed by atoms with Crippen molar-refractivity contribution >= 4 is 15.9 Å². The minimum Gasteiger partial charge on any atom is -0.307 e. The molecule has 0 aliphatic heterocycles. The third-order valence-corrected chi connectivity index (χ3v) is 3.28. The first kappa shape index (κ1) is 13.2. The van der Waals surface area contributed by atoms with Gasteiger partial charge in [0, 0.05) is 13.1 Å². The summed E-state index contributed by atoms with van der Waals surface area (Å²) in [6.45, 7) is 3.83. The third kappa shape index (κ3) is 3.93. The van der Waals surface area contributed by atoms with Gasteiger partial charge in [0.1, 0.15) is 4.60 Å². The lowest BCUT2D eigenvalue weighted by Gasteiger charge is -2.05. The zero-order valence-electron chi connectivity index (χ0n) is 10.5. The molecule has 1 aromatic heterocycles. The van der Waals surface area contributed by atoms with Crippen LogP contribution in [0.1, 0.15) is 23.7 Å². The summed E-state index contributed by atoms with van der Waals surface area (Å²) in [6.07, 6.45) is 1.09. The van der Waals surface area contributed by atoms with Crippen molar-refractivity contribution in [2.24, 2.45) is 0 Å². The first-order chi connectivity index (χ1) is 8.78. The molecule has 2 nitrogen and oxygen atoms in total. The summed E-state index contributed by atoms with van der Waals surface area (Å²) in [6, 6.07) is 14.7. The summed E-state index contributed by atoms with van der Waals surface area (Å²) < 4.78 is 0.883. The second-order valence-electron chi connectivity index (χ2n) is 4.23. The van der Waals surface area contributed by atoms with E-state index in [0.717, 1.165) is 29.8 Å².